The molecule has 1 heterocycles. The lowest BCUT2D eigenvalue weighted by Gasteiger charge is -2.38. The van der Waals surface area contributed by atoms with Gasteiger partial charge in [0, 0.05) is 26.2 Å². The van der Waals surface area contributed by atoms with Gasteiger partial charge in [0.15, 0.2) is 0 Å². The second-order valence-corrected chi connectivity index (χ2v) is 7.52. The van der Waals surface area contributed by atoms with Gasteiger partial charge in [-0.2, -0.15) is 0 Å². The summed E-state index contributed by atoms with van der Waals surface area (Å²) in [6.45, 7) is 10.0. The molecule has 1 aliphatic rings. The molecule has 3 N–H and O–H groups in total. The smallest absolute Gasteiger partial charge is 0.323 e. The van der Waals surface area contributed by atoms with E-state index in [2.05, 4.69) is 0 Å². The Balaban J connectivity index is 2.46. The fourth-order valence-electron chi connectivity index (χ4n) is 3.44. The summed E-state index contributed by atoms with van der Waals surface area (Å²) in [5, 5.41) is 28.8. The van der Waals surface area contributed by atoms with Crippen molar-refractivity contribution in [3.63, 3.8) is 0 Å². The number of carbonyl (C=O) groups excluding carboxylic acids is 1. The van der Waals surface area contributed by atoms with Crippen LogP contribution in [0.2, 0.25) is 0 Å². The minimum absolute atomic E-state index is 0.143. The van der Waals surface area contributed by atoms with Crippen molar-refractivity contribution in [3.05, 3.63) is 0 Å². The van der Waals surface area contributed by atoms with Gasteiger partial charge < -0.3 is 20.1 Å². The van der Waals surface area contributed by atoms with E-state index in [9.17, 15) is 20.1 Å². The van der Waals surface area contributed by atoms with Crippen LogP contribution in [0.15, 0.2) is 0 Å². The van der Waals surface area contributed by atoms with E-state index in [1.165, 1.54) is 0 Å². The van der Waals surface area contributed by atoms with Gasteiger partial charge in [0.25, 0.3) is 0 Å². The van der Waals surface area contributed by atoms with Crippen LogP contribution in [0.1, 0.15) is 47.0 Å². The topological polar surface area (TPSA) is 93.5 Å². The number of morpholine rings is 1. The molecule has 0 aromatic carbocycles. The molecule has 1 aliphatic heterocycles. The van der Waals surface area contributed by atoms with Gasteiger partial charge in [-0.25, -0.2) is 0 Å². The number of nitrogens with zero attached hydrogens (tertiary/aromatic N) is 2. The van der Waals surface area contributed by atoms with Crippen LogP contribution in [0, 0.1) is 0 Å². The minimum atomic E-state index is -0.479. The number of esters is 1. The highest BCUT2D eigenvalue weighted by Gasteiger charge is 2.34. The number of β-amino-alcohol motifs (C(OH)–C–C–N with tert-alkyl or cyclic N) is 1. The van der Waals surface area contributed by atoms with E-state index >= 15 is 0 Å². The van der Waals surface area contributed by atoms with Crippen LogP contribution in [0.5, 0.6) is 0 Å². The molecule has 0 saturated carbocycles. The van der Waals surface area contributed by atoms with Crippen LogP contribution in [0.3, 0.4) is 0 Å². The first-order chi connectivity index (χ1) is 11.7. The van der Waals surface area contributed by atoms with Gasteiger partial charge in [0.05, 0.1) is 18.3 Å². The number of carbonyl (C=O) groups is 1. The number of ether oxygens (including phenoxy) is 1. The summed E-state index contributed by atoms with van der Waals surface area (Å²) in [6.07, 6.45) is 0.922. The number of hydrogen-bond donors (Lipinski definition) is 3. The highest BCUT2D eigenvalue weighted by atomic mass is 16.5. The van der Waals surface area contributed by atoms with Gasteiger partial charge in [-0.15, -0.1) is 0 Å². The number of hydrogen-bond acceptors (Lipinski definition) is 7. The molecule has 5 atom stereocenters. The third-order valence-corrected chi connectivity index (χ3v) is 4.27. The fourth-order valence-corrected chi connectivity index (χ4v) is 3.44. The largest absolute Gasteiger partial charge is 0.460 e. The molecule has 7 heteroatoms. The predicted octanol–water partition coefficient (Wildman–Crippen LogP) is 0.217. The Bertz CT molecular complexity index is 378. The van der Waals surface area contributed by atoms with Crippen molar-refractivity contribution in [2.45, 2.75) is 77.4 Å². The number of cyclic esters (lactones) is 1. The number of aliphatic hydroxyl groups excluding tert-OH is 3. The van der Waals surface area contributed by atoms with E-state index in [1.54, 1.807) is 20.8 Å². The Morgan fingerprint density at radius 1 is 1.12 bits per heavy atom. The van der Waals surface area contributed by atoms with E-state index < -0.39 is 18.3 Å². The van der Waals surface area contributed by atoms with Crippen molar-refractivity contribution in [1.82, 2.24) is 9.80 Å². The molecule has 0 radical (unpaired) electrons. The second kappa shape index (κ2) is 11.1. The van der Waals surface area contributed by atoms with Crippen LogP contribution in [0.25, 0.3) is 0 Å². The first kappa shape index (κ1) is 22.3. The molecule has 1 fully saturated rings. The summed E-state index contributed by atoms with van der Waals surface area (Å²) in [7, 11) is 0. The van der Waals surface area contributed by atoms with Crippen LogP contribution in [0.4, 0.5) is 0 Å². The SMILES string of the molecule is CC(O)CN(CCCC[C@H]1C(=O)OC(C)CN1CC(C)O)CC(C)O. The van der Waals surface area contributed by atoms with Gasteiger partial charge in [-0.3, -0.25) is 14.6 Å². The first-order valence-electron chi connectivity index (χ1n) is 9.40. The zero-order chi connectivity index (χ0) is 19.0. The van der Waals surface area contributed by atoms with Crippen molar-refractivity contribution in [1.29, 1.82) is 0 Å². The Labute approximate surface area is 151 Å². The third-order valence-electron chi connectivity index (χ3n) is 4.27. The van der Waals surface area contributed by atoms with Gasteiger partial charge in [0.1, 0.15) is 12.1 Å². The molecule has 0 aromatic heterocycles. The fraction of sp³-hybridized carbons (Fsp3) is 0.944. The molecule has 148 valence electrons. The number of aliphatic hydroxyl groups is 3. The summed E-state index contributed by atoms with van der Waals surface area (Å²) < 4.78 is 5.36. The highest BCUT2D eigenvalue weighted by Crippen LogP contribution is 2.19. The minimum Gasteiger partial charge on any atom is -0.460 e. The lowest BCUT2D eigenvalue weighted by Crippen LogP contribution is -2.53. The van der Waals surface area contributed by atoms with Gasteiger partial charge in [-0.1, -0.05) is 6.42 Å². The monoisotopic (exact) mass is 360 g/mol. The molecule has 0 bridgehead atoms. The van der Waals surface area contributed by atoms with E-state index in [4.69, 9.17) is 4.74 Å². The van der Waals surface area contributed by atoms with Crippen LogP contribution in [-0.4, -0.2) is 94.3 Å². The lowest BCUT2D eigenvalue weighted by atomic mass is 10.0. The Morgan fingerprint density at radius 2 is 1.72 bits per heavy atom. The zero-order valence-corrected chi connectivity index (χ0v) is 16.1. The van der Waals surface area contributed by atoms with E-state index in [1.807, 2.05) is 16.7 Å². The van der Waals surface area contributed by atoms with Gasteiger partial charge in [0.2, 0.25) is 0 Å². The summed E-state index contributed by atoms with van der Waals surface area (Å²) >= 11 is 0. The molecule has 0 aromatic rings. The molecular weight excluding hydrogens is 324 g/mol. The average molecular weight is 360 g/mol. The maximum atomic E-state index is 12.2. The third kappa shape index (κ3) is 8.96. The predicted molar refractivity (Wildman–Crippen MR) is 96.2 cm³/mol. The van der Waals surface area contributed by atoms with Crippen molar-refractivity contribution in [3.8, 4) is 0 Å². The maximum Gasteiger partial charge on any atom is 0.323 e. The van der Waals surface area contributed by atoms with E-state index in [0.29, 0.717) is 32.6 Å². The molecule has 1 rings (SSSR count). The Kier molecular flexibility index (Phi) is 9.89. The Hall–Kier alpha value is -0.730. The molecule has 0 amide bonds. The average Bonchev–Trinajstić information content (AvgIpc) is 2.43. The van der Waals surface area contributed by atoms with Crippen LogP contribution >= 0.6 is 0 Å². The molecule has 0 aliphatic carbocycles. The molecule has 1 saturated heterocycles. The van der Waals surface area contributed by atoms with E-state index in [-0.39, 0.29) is 18.1 Å². The summed E-state index contributed by atoms with van der Waals surface area (Å²) in [5.41, 5.74) is 0. The number of unbranched alkanes of at least 4 members (excludes halogenated alkanes) is 1. The molecule has 0 spiro atoms. The normalized spacial score (nSPS) is 25.7. The van der Waals surface area contributed by atoms with Crippen molar-refractivity contribution < 1.29 is 24.9 Å². The van der Waals surface area contributed by atoms with Crippen LogP contribution in [-0.2, 0) is 9.53 Å². The van der Waals surface area contributed by atoms with E-state index in [0.717, 1.165) is 19.4 Å². The van der Waals surface area contributed by atoms with Crippen molar-refractivity contribution >= 4 is 5.97 Å². The van der Waals surface area contributed by atoms with Gasteiger partial charge >= 0.3 is 5.97 Å². The van der Waals surface area contributed by atoms with Crippen molar-refractivity contribution in [2.75, 3.05) is 32.7 Å². The first-order valence-corrected chi connectivity index (χ1v) is 9.40. The number of rotatable bonds is 11. The molecular formula is C18H36N2O5. The lowest BCUT2D eigenvalue weighted by molar-refractivity contribution is -0.166. The Morgan fingerprint density at radius 3 is 2.24 bits per heavy atom. The summed E-state index contributed by atoms with van der Waals surface area (Å²) in [6, 6.07) is -0.298. The van der Waals surface area contributed by atoms with Crippen molar-refractivity contribution in [2.24, 2.45) is 0 Å². The zero-order valence-electron chi connectivity index (χ0n) is 16.1. The molecule has 4 unspecified atom stereocenters. The molecule has 7 nitrogen and oxygen atoms in total. The van der Waals surface area contributed by atoms with Gasteiger partial charge in [-0.05, 0) is 47.1 Å². The summed E-state index contributed by atoms with van der Waals surface area (Å²) in [4.78, 5) is 16.3. The van der Waals surface area contributed by atoms with Crippen LogP contribution < -0.4 is 0 Å². The maximum absolute atomic E-state index is 12.2. The quantitative estimate of drug-likeness (QED) is 0.358. The standard InChI is InChI=1S/C18H36N2O5/c1-13(21)9-19(10-14(2)22)8-6-5-7-17-18(24)25-16(4)12-20(17)11-15(3)23/h13-17,21-23H,5-12H2,1-4H3/t13?,14?,15?,16?,17-/m0/s1. The highest BCUT2D eigenvalue weighted by molar-refractivity contribution is 5.76. The second-order valence-electron chi connectivity index (χ2n) is 7.52. The summed E-state index contributed by atoms with van der Waals surface area (Å²) in [5.74, 6) is -0.204. The molecule has 25 heavy (non-hydrogen) atoms.